The number of alkyl halides is 3. The Bertz CT molecular complexity index is 4480. The molecule has 12 nitrogen and oxygen atoms in total. The Hall–Kier alpha value is -11.5. The molecule has 0 aliphatic rings. The smallest absolute Gasteiger partial charge is 0.416 e. The van der Waals surface area contributed by atoms with Crippen LogP contribution < -0.4 is 0 Å². The Morgan fingerprint density at radius 3 is 1.03 bits per heavy atom. The number of esters is 1. The first-order valence-electron chi connectivity index (χ1n) is 30.0. The number of hydrogen-bond donors (Lipinski definition) is 3. The summed E-state index contributed by atoms with van der Waals surface area (Å²) < 4.78 is 50.5. The molecule has 0 amide bonds. The maximum Gasteiger partial charge on any atom is 0.416 e. The summed E-state index contributed by atoms with van der Waals surface area (Å²) in [6, 6.07) is 66.1. The van der Waals surface area contributed by atoms with Gasteiger partial charge in [0.25, 0.3) is 0 Å². The van der Waals surface area contributed by atoms with Crippen LogP contribution in [-0.4, -0.2) is 64.6 Å². The fourth-order valence-electron chi connectivity index (χ4n) is 10.1. The van der Waals surface area contributed by atoms with Crippen molar-refractivity contribution < 1.29 is 52.4 Å². The van der Waals surface area contributed by atoms with Crippen LogP contribution in [0.4, 0.5) is 13.2 Å². The van der Waals surface area contributed by atoms with Crippen molar-refractivity contribution in [2.24, 2.45) is 0 Å². The summed E-state index contributed by atoms with van der Waals surface area (Å²) in [6.45, 7) is 10.9. The van der Waals surface area contributed by atoms with Crippen LogP contribution in [0.1, 0.15) is 110 Å². The summed E-state index contributed by atoms with van der Waals surface area (Å²) in [4.78, 5) is 44.5. The summed E-state index contributed by atoms with van der Waals surface area (Å²) in [7, 11) is 1.40. The number of halogens is 3. The topological polar surface area (TPSA) is 158 Å². The van der Waals surface area contributed by atoms with Gasteiger partial charge in [-0.2, -0.15) is 13.2 Å². The predicted molar refractivity (Wildman–Crippen MR) is 360 cm³/mol. The Labute approximate surface area is 538 Å². The van der Waals surface area contributed by atoms with Crippen LogP contribution in [0.2, 0.25) is 0 Å². The highest BCUT2D eigenvalue weighted by molar-refractivity contribution is 5.91. The van der Waals surface area contributed by atoms with Crippen molar-refractivity contribution in [1.82, 2.24) is 18.3 Å². The number of methoxy groups -OCH3 is 1. The molecule has 4 heterocycles. The van der Waals surface area contributed by atoms with Crippen molar-refractivity contribution >= 4 is 23.9 Å². The lowest BCUT2D eigenvalue weighted by Gasteiger charge is -2.08. The highest BCUT2D eigenvalue weighted by atomic mass is 19.4. The van der Waals surface area contributed by atoms with Crippen molar-refractivity contribution in [3.8, 4) is 67.3 Å². The third-order valence-corrected chi connectivity index (χ3v) is 15.6. The van der Waals surface area contributed by atoms with Gasteiger partial charge in [-0.15, -0.1) is 0 Å². The van der Waals surface area contributed by atoms with Crippen LogP contribution in [0.15, 0.2) is 268 Å². The zero-order valence-corrected chi connectivity index (χ0v) is 52.1. The molecule has 0 saturated carbocycles. The number of rotatable bonds is 15. The number of nitrogens with zero attached hydrogens (tertiary/aromatic N) is 4. The summed E-state index contributed by atoms with van der Waals surface area (Å²) >= 11 is 0. The fraction of sp³-hybridized carbons (Fsp3) is 0.128. The summed E-state index contributed by atoms with van der Waals surface area (Å²) in [5.74, 6) is -2.07. The maximum atomic E-state index is 12.6. The molecule has 470 valence electrons. The Morgan fingerprint density at radius 1 is 0.387 bits per heavy atom. The first-order chi connectivity index (χ1) is 44.6. The second kappa shape index (κ2) is 29.9. The van der Waals surface area contributed by atoms with Crippen molar-refractivity contribution in [3.05, 3.63) is 312 Å². The van der Waals surface area contributed by atoms with Gasteiger partial charge in [0.05, 0.1) is 34.9 Å². The van der Waals surface area contributed by atoms with E-state index in [0.717, 1.165) is 80.1 Å². The molecule has 0 aliphatic heterocycles. The Balaban J connectivity index is 0.000000146. The molecule has 15 heteroatoms. The van der Waals surface area contributed by atoms with Crippen LogP contribution in [0.25, 0.3) is 67.3 Å². The van der Waals surface area contributed by atoms with E-state index >= 15 is 0 Å². The van der Waals surface area contributed by atoms with E-state index in [4.69, 9.17) is 20.1 Å². The molecule has 0 spiro atoms. The van der Waals surface area contributed by atoms with E-state index in [1.807, 2.05) is 90.0 Å². The lowest BCUT2D eigenvalue weighted by molar-refractivity contribution is -0.137. The van der Waals surface area contributed by atoms with Gasteiger partial charge in [0.2, 0.25) is 0 Å². The van der Waals surface area contributed by atoms with Crippen molar-refractivity contribution in [2.75, 3.05) is 7.11 Å². The van der Waals surface area contributed by atoms with Gasteiger partial charge in [-0.3, -0.25) is 0 Å². The van der Waals surface area contributed by atoms with Crippen LogP contribution >= 0.6 is 0 Å². The molecule has 12 aromatic rings. The van der Waals surface area contributed by atoms with Gasteiger partial charge >= 0.3 is 30.1 Å². The third-order valence-electron chi connectivity index (χ3n) is 15.6. The molecule has 0 radical (unpaired) electrons. The SMILES string of the molecule is CC(C)c1ccc(-n2ccc(-c3ccc(C(=O)O)cc3)c2)cc1.CCc1ccc(-n2ccc(-c3cccc(C(=O)O)c3)c2)cc1.COC(=O)c1cccc(-c2ccn(-c3ccc(C(C)C)cc3)c2)c1.O=C(O)c1ccc(-c2ccn(-c3ccc(C(F)(F)F)cc3)c2)cc1. The highest BCUT2D eigenvalue weighted by Crippen LogP contribution is 2.32. The zero-order chi connectivity index (χ0) is 66.3. The molecular weight excluding hydrogens is 1180 g/mol. The van der Waals surface area contributed by atoms with Crippen molar-refractivity contribution in [2.45, 2.75) is 59.1 Å². The molecule has 12 rings (SSSR count). The summed E-state index contributed by atoms with van der Waals surface area (Å²) in [6.07, 6.45) is 12.4. The molecule has 93 heavy (non-hydrogen) atoms. The quantitative estimate of drug-likeness (QED) is 0.0856. The number of aromatic carboxylic acids is 3. The average molecular weight is 1250 g/mol. The Morgan fingerprint density at radius 2 is 0.710 bits per heavy atom. The Kier molecular flexibility index (Phi) is 21.2. The monoisotopic (exact) mass is 1250 g/mol. The van der Waals surface area contributed by atoms with E-state index in [1.165, 1.54) is 48.1 Å². The normalized spacial score (nSPS) is 11.0. The third kappa shape index (κ3) is 17.1. The molecule has 0 unspecified atom stereocenters. The van der Waals surface area contributed by atoms with E-state index in [1.54, 1.807) is 65.5 Å². The molecule has 8 aromatic carbocycles. The van der Waals surface area contributed by atoms with Gasteiger partial charge in [0.15, 0.2) is 0 Å². The first kappa shape index (κ1) is 66.0. The van der Waals surface area contributed by atoms with Crippen LogP contribution in [-0.2, 0) is 17.3 Å². The predicted octanol–water partition coefficient (Wildman–Crippen LogP) is 19.3. The standard InChI is InChI=1S/C21H21NO2.C20H19NO2.C19H17NO2.C18H12F3NO2/c1-15(2)16-7-9-20(10-8-16)22-12-11-19(14-22)17-5-4-6-18(13-17)21(23)24-3;1-14(2)15-7-9-19(10-8-15)21-12-11-18(13-21)16-3-5-17(6-4-16)20(22)23;1-2-14-6-8-18(9-7-14)20-11-10-17(13-20)15-4-3-5-16(12-15)19(21)22;19-18(20,21)15-5-7-16(8-6-15)22-10-9-14(11-22)12-1-3-13(4-2-12)17(23)24/h4-15H,1-3H3;3-14H,1-2H3,(H,22,23);3-13H,2H2,1H3,(H,21,22);1-11H,(H,23,24). The van der Waals surface area contributed by atoms with E-state index in [9.17, 15) is 32.3 Å². The summed E-state index contributed by atoms with van der Waals surface area (Å²) in [5.41, 5.74) is 16.3. The molecule has 3 N–H and O–H groups in total. The second-order valence-electron chi connectivity index (χ2n) is 22.5. The van der Waals surface area contributed by atoms with Gasteiger partial charge in [0.1, 0.15) is 0 Å². The number of carbonyl (C=O) groups is 4. The number of carboxylic acids is 3. The molecule has 0 bridgehead atoms. The number of benzene rings is 8. The number of carboxylic acid groups (broad SMARTS) is 3. The minimum atomic E-state index is -4.35. The number of hydrogen-bond acceptors (Lipinski definition) is 5. The van der Waals surface area contributed by atoms with E-state index in [2.05, 4.69) is 129 Å². The number of aromatic nitrogens is 4. The largest absolute Gasteiger partial charge is 0.478 e. The van der Waals surface area contributed by atoms with Gasteiger partial charge in [0, 0.05) is 72.3 Å². The van der Waals surface area contributed by atoms with E-state index in [-0.39, 0.29) is 11.5 Å². The maximum absolute atomic E-state index is 12.6. The molecule has 4 aromatic heterocycles. The van der Waals surface area contributed by atoms with Crippen molar-refractivity contribution in [1.29, 1.82) is 0 Å². The van der Waals surface area contributed by atoms with Gasteiger partial charge in [-0.1, -0.05) is 120 Å². The van der Waals surface area contributed by atoms with E-state index in [0.29, 0.717) is 34.2 Å². The van der Waals surface area contributed by atoms with Gasteiger partial charge in [-0.05, 0) is 213 Å². The average Bonchev–Trinajstić information content (AvgIpc) is 2.13. The van der Waals surface area contributed by atoms with Gasteiger partial charge < -0.3 is 38.3 Å². The zero-order valence-electron chi connectivity index (χ0n) is 52.1. The number of aryl methyl sites for hydroxylation is 1. The lowest BCUT2D eigenvalue weighted by atomic mass is 10.0. The molecule has 0 aliphatic carbocycles. The summed E-state index contributed by atoms with van der Waals surface area (Å²) in [5, 5.41) is 26.9. The van der Waals surface area contributed by atoms with Crippen LogP contribution in [0, 0.1) is 0 Å². The molecular formula is C78H69F3N4O8. The minimum Gasteiger partial charge on any atom is -0.478 e. The molecule has 0 atom stereocenters. The van der Waals surface area contributed by atoms with Crippen LogP contribution in [0.5, 0.6) is 0 Å². The van der Waals surface area contributed by atoms with E-state index < -0.39 is 29.6 Å². The molecule has 0 saturated heterocycles. The minimum absolute atomic E-state index is 0.195. The highest BCUT2D eigenvalue weighted by Gasteiger charge is 2.30. The molecule has 0 fully saturated rings. The van der Waals surface area contributed by atoms with Crippen LogP contribution in [0.3, 0.4) is 0 Å². The lowest BCUT2D eigenvalue weighted by Crippen LogP contribution is -2.04. The number of carbonyl (C=O) groups excluding carboxylic acids is 1. The first-order valence-corrected chi connectivity index (χ1v) is 30.0. The van der Waals surface area contributed by atoms with Gasteiger partial charge in [-0.25, -0.2) is 19.2 Å². The number of ether oxygens (including phenoxy) is 1. The fourth-order valence-corrected chi connectivity index (χ4v) is 10.1. The second-order valence-corrected chi connectivity index (χ2v) is 22.5. The van der Waals surface area contributed by atoms with Crippen molar-refractivity contribution in [3.63, 3.8) is 0 Å².